The first kappa shape index (κ1) is 11.5. The molecule has 14 heavy (non-hydrogen) atoms. The van der Waals surface area contributed by atoms with Crippen LogP contribution < -0.4 is 0 Å². The maximum absolute atomic E-state index is 12.0. The number of hydrogen-bond acceptors (Lipinski definition) is 2. The molecule has 1 rings (SSSR count). The Morgan fingerprint density at radius 1 is 1.64 bits per heavy atom. The average Bonchev–Trinajstić information content (AvgIpc) is 2.48. The molecule has 0 bridgehead atoms. The average molecular weight is 221 g/mol. The third-order valence-electron chi connectivity index (χ3n) is 1.69. The lowest BCUT2D eigenvalue weighted by molar-refractivity contribution is 0.118. The van der Waals surface area contributed by atoms with E-state index >= 15 is 0 Å². The zero-order valence-corrected chi connectivity index (χ0v) is 8.93. The van der Waals surface area contributed by atoms with E-state index in [2.05, 4.69) is 5.10 Å². The maximum Gasteiger partial charge on any atom is 0.109 e. The molecule has 0 spiro atoms. The van der Waals surface area contributed by atoms with Gasteiger partial charge in [0.25, 0.3) is 0 Å². The normalized spacial score (nSPS) is 10.8. The molecule has 0 aliphatic rings. The van der Waals surface area contributed by atoms with E-state index in [0.717, 1.165) is 6.42 Å². The number of aromatic nitrogens is 2. The van der Waals surface area contributed by atoms with Crippen molar-refractivity contribution in [1.29, 1.82) is 0 Å². The lowest BCUT2D eigenvalue weighted by Gasteiger charge is -1.99. The van der Waals surface area contributed by atoms with Crippen LogP contribution in [0.1, 0.15) is 19.0 Å². The van der Waals surface area contributed by atoms with E-state index in [9.17, 15) is 4.39 Å². The van der Waals surface area contributed by atoms with Crippen molar-refractivity contribution < 1.29 is 9.13 Å². The summed E-state index contributed by atoms with van der Waals surface area (Å²) in [4.78, 5) is 0. The van der Waals surface area contributed by atoms with Crippen LogP contribution in [0, 0.1) is 0 Å². The van der Waals surface area contributed by atoms with Crippen LogP contribution >= 0.6 is 11.6 Å². The van der Waals surface area contributed by atoms with Crippen molar-refractivity contribution in [1.82, 2.24) is 9.78 Å². The van der Waals surface area contributed by atoms with E-state index in [-0.39, 0.29) is 6.54 Å². The van der Waals surface area contributed by atoms with Gasteiger partial charge in [0, 0.05) is 12.8 Å². The van der Waals surface area contributed by atoms with Crippen LogP contribution in [0.4, 0.5) is 4.39 Å². The molecule has 0 unspecified atom stereocenters. The molecular weight excluding hydrogens is 207 g/mol. The fourth-order valence-electron chi connectivity index (χ4n) is 1.05. The highest BCUT2D eigenvalue weighted by molar-refractivity contribution is 6.31. The highest BCUT2D eigenvalue weighted by atomic mass is 35.5. The standard InChI is InChI=1S/C9H14ClFN2O/c1-2-5-14-7-9-8(10)6-13(12-9)4-3-11/h6H,2-5,7H2,1H3. The molecule has 0 aromatic carbocycles. The molecule has 0 aliphatic carbocycles. The summed E-state index contributed by atoms with van der Waals surface area (Å²) in [6, 6.07) is 0. The largest absolute Gasteiger partial charge is 0.375 e. The summed E-state index contributed by atoms with van der Waals surface area (Å²) in [6.07, 6.45) is 2.58. The van der Waals surface area contributed by atoms with Crippen LogP contribution in [0.5, 0.6) is 0 Å². The quantitative estimate of drug-likeness (QED) is 0.689. The summed E-state index contributed by atoms with van der Waals surface area (Å²) in [6.45, 7) is 2.92. The summed E-state index contributed by atoms with van der Waals surface area (Å²) in [5.74, 6) is 0. The number of nitrogens with zero attached hydrogens (tertiary/aromatic N) is 2. The number of rotatable bonds is 6. The summed E-state index contributed by atoms with van der Waals surface area (Å²) in [5.41, 5.74) is 0.675. The molecule has 5 heteroatoms. The summed E-state index contributed by atoms with van der Waals surface area (Å²) in [5, 5.41) is 4.63. The lowest BCUT2D eigenvalue weighted by Crippen LogP contribution is -2.02. The minimum atomic E-state index is -0.437. The van der Waals surface area contributed by atoms with Crippen molar-refractivity contribution in [2.24, 2.45) is 0 Å². The van der Waals surface area contributed by atoms with Gasteiger partial charge < -0.3 is 4.74 Å². The Balaban J connectivity index is 2.49. The second kappa shape index (κ2) is 5.98. The predicted molar refractivity (Wildman–Crippen MR) is 53.2 cm³/mol. The maximum atomic E-state index is 12.0. The monoisotopic (exact) mass is 220 g/mol. The third kappa shape index (κ3) is 3.27. The van der Waals surface area contributed by atoms with Gasteiger partial charge in [-0.05, 0) is 6.42 Å². The van der Waals surface area contributed by atoms with Crippen molar-refractivity contribution in [3.63, 3.8) is 0 Å². The Hall–Kier alpha value is -0.610. The van der Waals surface area contributed by atoms with E-state index < -0.39 is 6.67 Å². The van der Waals surface area contributed by atoms with Crippen LogP contribution in [0.15, 0.2) is 6.20 Å². The van der Waals surface area contributed by atoms with Gasteiger partial charge in [0.05, 0.1) is 18.2 Å². The first-order valence-corrected chi connectivity index (χ1v) is 5.01. The summed E-state index contributed by atoms with van der Waals surface area (Å²) < 4.78 is 18.8. The van der Waals surface area contributed by atoms with Crippen LogP contribution in [0.25, 0.3) is 0 Å². The SMILES string of the molecule is CCCOCc1nn(CCF)cc1Cl. The van der Waals surface area contributed by atoms with Crippen molar-refractivity contribution in [3.8, 4) is 0 Å². The van der Waals surface area contributed by atoms with Gasteiger partial charge in [0.2, 0.25) is 0 Å². The number of halogens is 2. The van der Waals surface area contributed by atoms with E-state index in [1.54, 1.807) is 6.20 Å². The highest BCUT2D eigenvalue weighted by Crippen LogP contribution is 2.14. The molecule has 0 aliphatic heterocycles. The minimum Gasteiger partial charge on any atom is -0.375 e. The lowest BCUT2D eigenvalue weighted by atomic mass is 10.4. The fraction of sp³-hybridized carbons (Fsp3) is 0.667. The topological polar surface area (TPSA) is 27.1 Å². The smallest absolute Gasteiger partial charge is 0.109 e. The number of hydrogen-bond donors (Lipinski definition) is 0. The van der Waals surface area contributed by atoms with E-state index in [4.69, 9.17) is 16.3 Å². The second-order valence-electron chi connectivity index (χ2n) is 2.93. The zero-order chi connectivity index (χ0) is 10.4. The van der Waals surface area contributed by atoms with Crippen LogP contribution in [-0.2, 0) is 17.9 Å². The molecule has 1 heterocycles. The molecule has 0 saturated heterocycles. The number of ether oxygens (including phenoxy) is 1. The third-order valence-corrected chi connectivity index (χ3v) is 2.00. The Morgan fingerprint density at radius 2 is 2.43 bits per heavy atom. The highest BCUT2D eigenvalue weighted by Gasteiger charge is 2.06. The predicted octanol–water partition coefficient (Wildman–Crippen LogP) is 2.43. The van der Waals surface area contributed by atoms with Gasteiger partial charge in [0.15, 0.2) is 0 Å². The second-order valence-corrected chi connectivity index (χ2v) is 3.34. The summed E-state index contributed by atoms with van der Waals surface area (Å²) >= 11 is 5.87. The van der Waals surface area contributed by atoms with Crippen LogP contribution in [-0.4, -0.2) is 23.1 Å². The molecule has 1 aromatic heterocycles. The van der Waals surface area contributed by atoms with Gasteiger partial charge in [-0.25, -0.2) is 4.39 Å². The molecule has 0 atom stereocenters. The molecule has 0 fully saturated rings. The Bertz CT molecular complexity index is 278. The Labute approximate surface area is 87.8 Å². The fourth-order valence-corrected chi connectivity index (χ4v) is 1.25. The van der Waals surface area contributed by atoms with E-state index in [1.807, 2.05) is 6.92 Å². The molecule has 0 radical (unpaired) electrons. The summed E-state index contributed by atoms with van der Waals surface area (Å²) in [7, 11) is 0. The van der Waals surface area contributed by atoms with E-state index in [0.29, 0.717) is 23.9 Å². The molecule has 3 nitrogen and oxygen atoms in total. The van der Waals surface area contributed by atoms with Gasteiger partial charge in [0.1, 0.15) is 12.4 Å². The van der Waals surface area contributed by atoms with Crippen molar-refractivity contribution in [2.75, 3.05) is 13.3 Å². The van der Waals surface area contributed by atoms with Gasteiger partial charge in [-0.1, -0.05) is 18.5 Å². The van der Waals surface area contributed by atoms with Crippen molar-refractivity contribution >= 4 is 11.6 Å². The van der Waals surface area contributed by atoms with Gasteiger partial charge in [-0.15, -0.1) is 0 Å². The molecule has 0 amide bonds. The molecule has 1 aromatic rings. The first-order chi connectivity index (χ1) is 6.77. The van der Waals surface area contributed by atoms with E-state index in [1.165, 1.54) is 4.68 Å². The van der Waals surface area contributed by atoms with Gasteiger partial charge >= 0.3 is 0 Å². The van der Waals surface area contributed by atoms with Gasteiger partial charge in [-0.3, -0.25) is 4.68 Å². The van der Waals surface area contributed by atoms with Crippen molar-refractivity contribution in [3.05, 3.63) is 16.9 Å². The number of aryl methyl sites for hydroxylation is 1. The Kier molecular flexibility index (Phi) is 4.90. The minimum absolute atomic E-state index is 0.244. The molecule has 0 saturated carbocycles. The molecule has 80 valence electrons. The van der Waals surface area contributed by atoms with Crippen molar-refractivity contribution in [2.45, 2.75) is 26.5 Å². The zero-order valence-electron chi connectivity index (χ0n) is 8.17. The first-order valence-electron chi connectivity index (χ1n) is 4.63. The Morgan fingerprint density at radius 3 is 3.07 bits per heavy atom. The van der Waals surface area contributed by atoms with Crippen LogP contribution in [0.3, 0.4) is 0 Å². The van der Waals surface area contributed by atoms with Crippen LogP contribution in [0.2, 0.25) is 5.02 Å². The van der Waals surface area contributed by atoms with Gasteiger partial charge in [-0.2, -0.15) is 5.10 Å². The molecule has 0 N–H and O–H groups in total. The number of alkyl halides is 1. The molecular formula is C9H14ClFN2O.